The predicted molar refractivity (Wildman–Crippen MR) is 64.0 cm³/mol. The summed E-state index contributed by atoms with van der Waals surface area (Å²) in [5.74, 6) is -1.08. The van der Waals surface area contributed by atoms with Crippen LogP contribution in [0.1, 0.15) is 5.56 Å². The standard InChI is InChI=1S/C11H13ClN2O3/c1-14(11(17)13-6-10(15)16)7-8-4-2-3-5-9(8)12/h2-5H,6-7H2,1H3,(H,13,17)(H,15,16). The molecule has 0 atom stereocenters. The zero-order chi connectivity index (χ0) is 12.8. The molecule has 1 aromatic carbocycles. The van der Waals surface area contributed by atoms with Gasteiger partial charge in [0.1, 0.15) is 6.54 Å². The lowest BCUT2D eigenvalue weighted by Gasteiger charge is -2.17. The van der Waals surface area contributed by atoms with Crippen molar-refractivity contribution < 1.29 is 14.7 Å². The molecule has 0 fully saturated rings. The minimum atomic E-state index is -1.08. The van der Waals surface area contributed by atoms with Gasteiger partial charge in [0.15, 0.2) is 0 Å². The average Bonchev–Trinajstić information content (AvgIpc) is 2.28. The van der Waals surface area contributed by atoms with E-state index < -0.39 is 18.5 Å². The highest BCUT2D eigenvalue weighted by Gasteiger charge is 2.11. The number of carboxylic acids is 1. The van der Waals surface area contributed by atoms with Crippen molar-refractivity contribution in [3.63, 3.8) is 0 Å². The second-order valence-electron chi connectivity index (χ2n) is 3.50. The molecule has 0 heterocycles. The fourth-order valence-electron chi connectivity index (χ4n) is 1.24. The molecule has 0 bridgehead atoms. The number of carboxylic acid groups (broad SMARTS) is 1. The zero-order valence-corrected chi connectivity index (χ0v) is 10.1. The number of amides is 2. The van der Waals surface area contributed by atoms with Crippen molar-refractivity contribution in [1.29, 1.82) is 0 Å². The Labute approximate surface area is 104 Å². The zero-order valence-electron chi connectivity index (χ0n) is 9.31. The number of benzene rings is 1. The van der Waals surface area contributed by atoms with E-state index in [4.69, 9.17) is 16.7 Å². The largest absolute Gasteiger partial charge is 0.480 e. The van der Waals surface area contributed by atoms with Gasteiger partial charge < -0.3 is 15.3 Å². The van der Waals surface area contributed by atoms with Gasteiger partial charge in [-0.25, -0.2) is 4.79 Å². The number of hydrogen-bond donors (Lipinski definition) is 2. The van der Waals surface area contributed by atoms with Crippen LogP contribution in [0.25, 0.3) is 0 Å². The molecule has 17 heavy (non-hydrogen) atoms. The van der Waals surface area contributed by atoms with Crippen LogP contribution in [-0.4, -0.2) is 35.6 Å². The normalized spacial score (nSPS) is 9.76. The summed E-state index contributed by atoms with van der Waals surface area (Å²) in [4.78, 5) is 23.1. The van der Waals surface area contributed by atoms with Crippen LogP contribution in [-0.2, 0) is 11.3 Å². The molecule has 0 aliphatic heterocycles. The Hall–Kier alpha value is -1.75. The van der Waals surface area contributed by atoms with Crippen molar-refractivity contribution in [3.8, 4) is 0 Å². The van der Waals surface area contributed by atoms with E-state index in [1.54, 1.807) is 19.2 Å². The fraction of sp³-hybridized carbons (Fsp3) is 0.273. The number of hydrogen-bond acceptors (Lipinski definition) is 2. The predicted octanol–water partition coefficient (Wildman–Crippen LogP) is 1.57. The number of urea groups is 1. The summed E-state index contributed by atoms with van der Waals surface area (Å²) < 4.78 is 0. The van der Waals surface area contributed by atoms with Crippen LogP contribution < -0.4 is 5.32 Å². The van der Waals surface area contributed by atoms with E-state index in [0.717, 1.165) is 5.56 Å². The van der Waals surface area contributed by atoms with E-state index >= 15 is 0 Å². The molecule has 0 radical (unpaired) electrons. The van der Waals surface area contributed by atoms with Crippen molar-refractivity contribution in [2.75, 3.05) is 13.6 Å². The molecule has 0 saturated carbocycles. The molecule has 0 unspecified atom stereocenters. The van der Waals surface area contributed by atoms with Crippen LogP contribution >= 0.6 is 11.6 Å². The van der Waals surface area contributed by atoms with Crippen LogP contribution in [0.3, 0.4) is 0 Å². The van der Waals surface area contributed by atoms with Gasteiger partial charge in [-0.15, -0.1) is 0 Å². The first-order chi connectivity index (χ1) is 8.00. The molecular formula is C11H13ClN2O3. The van der Waals surface area contributed by atoms with E-state index in [1.807, 2.05) is 12.1 Å². The van der Waals surface area contributed by atoms with E-state index in [0.29, 0.717) is 11.6 Å². The number of nitrogens with zero attached hydrogens (tertiary/aromatic N) is 1. The summed E-state index contributed by atoms with van der Waals surface area (Å²) in [5, 5.41) is 11.3. The van der Waals surface area contributed by atoms with Crippen LogP contribution in [0.5, 0.6) is 0 Å². The van der Waals surface area contributed by atoms with Gasteiger partial charge >= 0.3 is 12.0 Å². The molecule has 0 spiro atoms. The van der Waals surface area contributed by atoms with Crippen molar-refractivity contribution in [1.82, 2.24) is 10.2 Å². The van der Waals surface area contributed by atoms with Gasteiger partial charge in [0, 0.05) is 18.6 Å². The maximum atomic E-state index is 11.5. The summed E-state index contributed by atoms with van der Waals surface area (Å²) in [6, 6.07) is 6.72. The van der Waals surface area contributed by atoms with Gasteiger partial charge in [-0.1, -0.05) is 29.8 Å². The molecule has 0 aliphatic rings. The van der Waals surface area contributed by atoms with E-state index in [-0.39, 0.29) is 0 Å². The molecule has 5 nitrogen and oxygen atoms in total. The molecule has 6 heteroatoms. The molecule has 2 amide bonds. The van der Waals surface area contributed by atoms with Gasteiger partial charge in [-0.05, 0) is 11.6 Å². The second kappa shape index (κ2) is 6.10. The van der Waals surface area contributed by atoms with Crippen molar-refractivity contribution >= 4 is 23.6 Å². The first-order valence-corrected chi connectivity index (χ1v) is 5.32. The van der Waals surface area contributed by atoms with Crippen LogP contribution in [0, 0.1) is 0 Å². The van der Waals surface area contributed by atoms with Crippen LogP contribution in [0.4, 0.5) is 4.79 Å². The summed E-state index contributed by atoms with van der Waals surface area (Å²) in [6.45, 7) is -0.0726. The Kier molecular flexibility index (Phi) is 4.78. The summed E-state index contributed by atoms with van der Waals surface area (Å²) in [7, 11) is 1.57. The van der Waals surface area contributed by atoms with Gasteiger partial charge in [0.2, 0.25) is 0 Å². The minimum Gasteiger partial charge on any atom is -0.480 e. The third-order valence-corrected chi connectivity index (χ3v) is 2.47. The van der Waals surface area contributed by atoms with E-state index in [1.165, 1.54) is 4.90 Å². The fourth-order valence-corrected chi connectivity index (χ4v) is 1.44. The number of halogens is 1. The third-order valence-electron chi connectivity index (χ3n) is 2.10. The second-order valence-corrected chi connectivity index (χ2v) is 3.91. The summed E-state index contributed by atoms with van der Waals surface area (Å²) >= 11 is 5.95. The molecule has 1 aromatic rings. The number of rotatable bonds is 4. The minimum absolute atomic E-state index is 0.325. The molecule has 0 aromatic heterocycles. The Morgan fingerprint density at radius 3 is 2.65 bits per heavy atom. The smallest absolute Gasteiger partial charge is 0.323 e. The lowest BCUT2D eigenvalue weighted by molar-refractivity contribution is -0.135. The van der Waals surface area contributed by atoms with Crippen LogP contribution in [0.15, 0.2) is 24.3 Å². The lowest BCUT2D eigenvalue weighted by atomic mass is 10.2. The summed E-state index contributed by atoms with van der Waals surface area (Å²) in [5.41, 5.74) is 0.808. The Balaban J connectivity index is 2.54. The molecule has 0 saturated heterocycles. The molecule has 1 rings (SSSR count). The highest BCUT2D eigenvalue weighted by molar-refractivity contribution is 6.31. The van der Waals surface area contributed by atoms with Crippen LogP contribution in [0.2, 0.25) is 5.02 Å². The van der Waals surface area contributed by atoms with Gasteiger partial charge in [-0.3, -0.25) is 4.79 Å². The quantitative estimate of drug-likeness (QED) is 0.859. The average molecular weight is 257 g/mol. The Morgan fingerprint density at radius 2 is 2.06 bits per heavy atom. The Bertz CT molecular complexity index is 423. The topological polar surface area (TPSA) is 69.6 Å². The SMILES string of the molecule is CN(Cc1ccccc1Cl)C(=O)NCC(=O)O. The molecule has 2 N–H and O–H groups in total. The molecule has 92 valence electrons. The number of nitrogens with one attached hydrogen (secondary N) is 1. The molecular weight excluding hydrogens is 244 g/mol. The maximum Gasteiger partial charge on any atom is 0.323 e. The summed E-state index contributed by atoms with van der Waals surface area (Å²) in [6.07, 6.45) is 0. The van der Waals surface area contributed by atoms with Gasteiger partial charge in [0.25, 0.3) is 0 Å². The van der Waals surface area contributed by atoms with E-state index in [9.17, 15) is 9.59 Å². The lowest BCUT2D eigenvalue weighted by Crippen LogP contribution is -2.39. The number of aliphatic carboxylic acids is 1. The van der Waals surface area contributed by atoms with Crippen molar-refractivity contribution in [3.05, 3.63) is 34.9 Å². The number of carbonyl (C=O) groups excluding carboxylic acids is 1. The van der Waals surface area contributed by atoms with Gasteiger partial charge in [-0.2, -0.15) is 0 Å². The first kappa shape index (κ1) is 13.3. The third kappa shape index (κ3) is 4.32. The maximum absolute atomic E-state index is 11.5. The Morgan fingerprint density at radius 1 is 1.41 bits per heavy atom. The number of carbonyl (C=O) groups is 2. The van der Waals surface area contributed by atoms with E-state index in [2.05, 4.69) is 5.32 Å². The molecule has 0 aliphatic carbocycles. The first-order valence-electron chi connectivity index (χ1n) is 4.95. The van der Waals surface area contributed by atoms with Crippen molar-refractivity contribution in [2.45, 2.75) is 6.54 Å². The van der Waals surface area contributed by atoms with Crippen molar-refractivity contribution in [2.24, 2.45) is 0 Å². The highest BCUT2D eigenvalue weighted by Crippen LogP contribution is 2.16. The monoisotopic (exact) mass is 256 g/mol. The highest BCUT2D eigenvalue weighted by atomic mass is 35.5. The van der Waals surface area contributed by atoms with Gasteiger partial charge in [0.05, 0.1) is 0 Å².